The van der Waals surface area contributed by atoms with Crippen LogP contribution in [0.4, 0.5) is 0 Å². The van der Waals surface area contributed by atoms with Gasteiger partial charge in [-0.15, -0.1) is 5.10 Å². The predicted molar refractivity (Wildman–Crippen MR) is 70.5 cm³/mol. The fourth-order valence-electron chi connectivity index (χ4n) is 3.27. The SMILES string of the molecule is NCCc1c(C(=O)O)nnn1C1CCOC2(CCC2)C1. The molecular formula is C13H20N4O3. The lowest BCUT2D eigenvalue weighted by Crippen LogP contribution is -2.46. The Labute approximate surface area is 117 Å². The van der Waals surface area contributed by atoms with Crippen molar-refractivity contribution in [2.24, 2.45) is 5.73 Å². The zero-order valence-electron chi connectivity index (χ0n) is 11.4. The van der Waals surface area contributed by atoms with E-state index in [4.69, 9.17) is 10.5 Å². The Morgan fingerprint density at radius 2 is 2.35 bits per heavy atom. The summed E-state index contributed by atoms with van der Waals surface area (Å²) in [5.41, 5.74) is 6.26. The van der Waals surface area contributed by atoms with Gasteiger partial charge in [0.25, 0.3) is 0 Å². The lowest BCUT2D eigenvalue weighted by molar-refractivity contribution is -0.142. The van der Waals surface area contributed by atoms with Gasteiger partial charge in [-0.3, -0.25) is 0 Å². The number of carboxylic acid groups (broad SMARTS) is 1. The van der Waals surface area contributed by atoms with Crippen molar-refractivity contribution in [2.75, 3.05) is 13.2 Å². The number of nitrogens with two attached hydrogens (primary N) is 1. The van der Waals surface area contributed by atoms with Gasteiger partial charge < -0.3 is 15.6 Å². The Morgan fingerprint density at radius 1 is 1.55 bits per heavy atom. The standard InChI is InChI=1S/C13H20N4O3/c14-6-2-10-11(12(18)19)15-16-17(10)9-3-7-20-13(8-9)4-1-5-13/h9H,1-8,14H2,(H,18,19). The molecule has 1 aromatic rings. The number of aromatic nitrogens is 3. The molecule has 2 fully saturated rings. The van der Waals surface area contributed by atoms with E-state index in [1.807, 2.05) is 0 Å². The topological polar surface area (TPSA) is 103 Å². The zero-order valence-corrected chi connectivity index (χ0v) is 11.4. The van der Waals surface area contributed by atoms with Gasteiger partial charge in [-0.05, 0) is 38.6 Å². The van der Waals surface area contributed by atoms with Crippen LogP contribution in [0.25, 0.3) is 0 Å². The third-order valence-electron chi connectivity index (χ3n) is 4.45. The van der Waals surface area contributed by atoms with E-state index in [9.17, 15) is 9.90 Å². The average molecular weight is 280 g/mol. The van der Waals surface area contributed by atoms with E-state index in [-0.39, 0.29) is 17.3 Å². The van der Waals surface area contributed by atoms with Gasteiger partial charge in [0.15, 0.2) is 5.69 Å². The van der Waals surface area contributed by atoms with Crippen LogP contribution in [-0.2, 0) is 11.2 Å². The lowest BCUT2D eigenvalue weighted by atomic mass is 9.74. The van der Waals surface area contributed by atoms with Crippen molar-refractivity contribution in [3.63, 3.8) is 0 Å². The third kappa shape index (κ3) is 2.20. The van der Waals surface area contributed by atoms with Crippen LogP contribution >= 0.6 is 0 Å². The van der Waals surface area contributed by atoms with Gasteiger partial charge in [0.1, 0.15) is 0 Å². The fraction of sp³-hybridized carbons (Fsp3) is 0.769. The van der Waals surface area contributed by atoms with Crippen LogP contribution in [0.2, 0.25) is 0 Å². The lowest BCUT2D eigenvalue weighted by Gasteiger charge is -2.47. The highest BCUT2D eigenvalue weighted by atomic mass is 16.5. The van der Waals surface area contributed by atoms with E-state index in [1.54, 1.807) is 4.68 Å². The van der Waals surface area contributed by atoms with E-state index < -0.39 is 5.97 Å². The maximum atomic E-state index is 11.2. The van der Waals surface area contributed by atoms with Gasteiger partial charge in [0.05, 0.1) is 17.3 Å². The number of hydrogen-bond acceptors (Lipinski definition) is 5. The monoisotopic (exact) mass is 280 g/mol. The molecule has 0 aromatic carbocycles. The smallest absolute Gasteiger partial charge is 0.358 e. The normalized spacial score (nSPS) is 24.6. The number of aromatic carboxylic acids is 1. The molecule has 2 heterocycles. The van der Waals surface area contributed by atoms with Crippen molar-refractivity contribution in [3.8, 4) is 0 Å². The number of rotatable bonds is 4. The molecule has 1 aromatic heterocycles. The Bertz CT molecular complexity index is 510. The molecule has 0 amide bonds. The van der Waals surface area contributed by atoms with Crippen molar-refractivity contribution >= 4 is 5.97 Å². The van der Waals surface area contributed by atoms with E-state index >= 15 is 0 Å². The van der Waals surface area contributed by atoms with E-state index in [2.05, 4.69) is 10.3 Å². The Balaban J connectivity index is 1.87. The minimum atomic E-state index is -1.04. The van der Waals surface area contributed by atoms with Crippen LogP contribution in [0.15, 0.2) is 0 Å². The second-order valence-electron chi connectivity index (χ2n) is 5.70. The van der Waals surface area contributed by atoms with Crippen LogP contribution in [0, 0.1) is 0 Å². The van der Waals surface area contributed by atoms with E-state index in [1.165, 1.54) is 6.42 Å². The summed E-state index contributed by atoms with van der Waals surface area (Å²) in [5.74, 6) is -1.04. The summed E-state index contributed by atoms with van der Waals surface area (Å²) in [6.07, 6.45) is 5.63. The molecule has 1 saturated carbocycles. The second-order valence-corrected chi connectivity index (χ2v) is 5.70. The predicted octanol–water partition coefficient (Wildman–Crippen LogP) is 0.752. The molecule has 1 aliphatic carbocycles. The third-order valence-corrected chi connectivity index (χ3v) is 4.45. The van der Waals surface area contributed by atoms with Crippen molar-refractivity contribution in [3.05, 3.63) is 11.4 Å². The number of carbonyl (C=O) groups is 1. The molecule has 0 radical (unpaired) electrons. The summed E-state index contributed by atoms with van der Waals surface area (Å²) in [6.45, 7) is 1.09. The second kappa shape index (κ2) is 5.14. The van der Waals surface area contributed by atoms with Crippen LogP contribution in [0.3, 0.4) is 0 Å². The van der Waals surface area contributed by atoms with Crippen LogP contribution in [0.5, 0.6) is 0 Å². The molecule has 1 unspecified atom stereocenters. The first kappa shape index (κ1) is 13.5. The molecule has 3 N–H and O–H groups in total. The van der Waals surface area contributed by atoms with Gasteiger partial charge >= 0.3 is 5.97 Å². The van der Waals surface area contributed by atoms with E-state index in [0.29, 0.717) is 25.3 Å². The number of carboxylic acids is 1. The van der Waals surface area contributed by atoms with Gasteiger partial charge in [0, 0.05) is 13.0 Å². The molecule has 1 aliphatic heterocycles. The maximum Gasteiger partial charge on any atom is 0.358 e. The molecule has 0 bridgehead atoms. The summed E-state index contributed by atoms with van der Waals surface area (Å²) in [5, 5.41) is 17.1. The number of nitrogens with zero attached hydrogens (tertiary/aromatic N) is 3. The average Bonchev–Trinajstić information content (AvgIpc) is 2.81. The highest BCUT2D eigenvalue weighted by Gasteiger charge is 2.43. The quantitative estimate of drug-likeness (QED) is 0.843. The summed E-state index contributed by atoms with van der Waals surface area (Å²) < 4.78 is 7.68. The first-order valence-electron chi connectivity index (χ1n) is 7.16. The van der Waals surface area contributed by atoms with Crippen LogP contribution < -0.4 is 5.73 Å². The first-order valence-corrected chi connectivity index (χ1v) is 7.16. The maximum absolute atomic E-state index is 11.2. The summed E-state index contributed by atoms with van der Waals surface area (Å²) in [6, 6.07) is 0.172. The molecule has 2 aliphatic rings. The molecular weight excluding hydrogens is 260 g/mol. The van der Waals surface area contributed by atoms with Gasteiger partial charge in [-0.2, -0.15) is 0 Å². The van der Waals surface area contributed by atoms with Crippen molar-refractivity contribution in [1.29, 1.82) is 0 Å². The molecule has 110 valence electrons. The van der Waals surface area contributed by atoms with Gasteiger partial charge in [-0.1, -0.05) is 5.21 Å². The van der Waals surface area contributed by atoms with Crippen LogP contribution in [-0.4, -0.2) is 44.8 Å². The molecule has 7 nitrogen and oxygen atoms in total. The molecule has 7 heteroatoms. The minimum absolute atomic E-state index is 0.00175. The molecule has 3 rings (SSSR count). The Morgan fingerprint density at radius 3 is 2.95 bits per heavy atom. The largest absolute Gasteiger partial charge is 0.476 e. The van der Waals surface area contributed by atoms with Crippen molar-refractivity contribution in [1.82, 2.24) is 15.0 Å². The summed E-state index contributed by atoms with van der Waals surface area (Å²) >= 11 is 0. The molecule has 1 saturated heterocycles. The zero-order chi connectivity index (χ0) is 14.2. The summed E-state index contributed by atoms with van der Waals surface area (Å²) in [4.78, 5) is 11.2. The van der Waals surface area contributed by atoms with E-state index in [0.717, 1.165) is 25.7 Å². The molecule has 1 spiro atoms. The Hall–Kier alpha value is -1.47. The minimum Gasteiger partial charge on any atom is -0.476 e. The number of hydrogen-bond donors (Lipinski definition) is 2. The van der Waals surface area contributed by atoms with Gasteiger partial charge in [-0.25, -0.2) is 9.48 Å². The fourth-order valence-corrected chi connectivity index (χ4v) is 3.27. The highest BCUT2D eigenvalue weighted by molar-refractivity contribution is 5.86. The van der Waals surface area contributed by atoms with Crippen molar-refractivity contribution in [2.45, 2.75) is 50.2 Å². The number of ether oxygens (including phenoxy) is 1. The summed E-state index contributed by atoms with van der Waals surface area (Å²) in [7, 11) is 0. The molecule has 20 heavy (non-hydrogen) atoms. The highest BCUT2D eigenvalue weighted by Crippen LogP contribution is 2.45. The first-order chi connectivity index (χ1) is 9.65. The van der Waals surface area contributed by atoms with Crippen LogP contribution in [0.1, 0.15) is 54.3 Å². The van der Waals surface area contributed by atoms with Crippen molar-refractivity contribution < 1.29 is 14.6 Å². The van der Waals surface area contributed by atoms with Gasteiger partial charge in [0.2, 0.25) is 0 Å². The molecule has 1 atom stereocenters. The Kier molecular flexibility index (Phi) is 3.47.